The first kappa shape index (κ1) is 64.1. The zero-order valence-electron chi connectivity index (χ0n) is 54.7. The van der Waals surface area contributed by atoms with Crippen molar-refractivity contribution in [2.75, 3.05) is 0 Å². The zero-order valence-corrected chi connectivity index (χ0v) is 60.5. The number of pyridine rings is 7. The minimum Gasteiger partial charge on any atom is -0.263 e. The highest BCUT2D eigenvalue weighted by atomic mass is 32.1. The van der Waals surface area contributed by atoms with E-state index in [-0.39, 0.29) is 0 Å². The smallest absolute Gasteiger partial charge is 0.0568 e. The molecule has 7 aromatic carbocycles. The summed E-state index contributed by atoms with van der Waals surface area (Å²) >= 11 is 12.7. The molecule has 98 heavy (non-hydrogen) atoms. The van der Waals surface area contributed by atoms with Gasteiger partial charge >= 0.3 is 0 Å². The van der Waals surface area contributed by atoms with Gasteiger partial charge in [-0.1, -0.05) is 109 Å². The Balaban J connectivity index is 0.0000000933. The van der Waals surface area contributed by atoms with Gasteiger partial charge in [0.2, 0.25) is 0 Å². The van der Waals surface area contributed by atoms with Gasteiger partial charge in [0.15, 0.2) is 0 Å². The maximum Gasteiger partial charge on any atom is 0.0568 e. The molecule has 14 heteroatoms. The monoisotopic (exact) mass is 1390 g/mol. The average molecular weight is 1390 g/mol. The van der Waals surface area contributed by atoms with Gasteiger partial charge in [0, 0.05) is 188 Å². The van der Waals surface area contributed by atoms with Crippen molar-refractivity contribution in [1.82, 2.24) is 34.9 Å². The van der Waals surface area contributed by atoms with Crippen molar-refractivity contribution in [3.63, 3.8) is 0 Å². The van der Waals surface area contributed by atoms with Crippen LogP contribution in [0.5, 0.6) is 0 Å². The zero-order chi connectivity index (χ0) is 66.8. The minimum atomic E-state index is 1.08. The molecule has 0 saturated heterocycles. The van der Waals surface area contributed by atoms with Crippen molar-refractivity contribution in [3.05, 3.63) is 296 Å². The topological polar surface area (TPSA) is 90.2 Å². The number of benzene rings is 7. The van der Waals surface area contributed by atoms with Crippen molar-refractivity contribution in [2.24, 2.45) is 0 Å². The Kier molecular flexibility index (Phi) is 18.5. The van der Waals surface area contributed by atoms with Gasteiger partial charge in [-0.3, -0.25) is 34.9 Å². The minimum absolute atomic E-state index is 1.08. The summed E-state index contributed by atoms with van der Waals surface area (Å²) in [6.07, 6.45) is 22.9. The lowest BCUT2D eigenvalue weighted by Gasteiger charge is -1.95. The summed E-state index contributed by atoms with van der Waals surface area (Å²) in [4.78, 5) is 29.4. The molecule has 21 aromatic rings. The van der Waals surface area contributed by atoms with Crippen LogP contribution in [0.15, 0.2) is 256 Å². The molecule has 0 amide bonds. The molecule has 476 valence electrons. The molecular formula is C84H63N7S7. The van der Waals surface area contributed by atoms with Gasteiger partial charge in [0.1, 0.15) is 0 Å². The van der Waals surface area contributed by atoms with E-state index in [9.17, 15) is 0 Å². The highest BCUT2D eigenvalue weighted by Crippen LogP contribution is 2.40. The Morgan fingerprint density at radius 3 is 1.37 bits per heavy atom. The van der Waals surface area contributed by atoms with Gasteiger partial charge in [-0.2, -0.15) is 0 Å². The Hall–Kier alpha value is -9.87. The second-order valence-corrected chi connectivity index (χ2v) is 31.5. The molecule has 0 radical (unpaired) electrons. The third kappa shape index (κ3) is 13.1. The molecule has 14 heterocycles. The van der Waals surface area contributed by atoms with Crippen molar-refractivity contribution >= 4 is 221 Å². The van der Waals surface area contributed by atoms with Crippen LogP contribution < -0.4 is 0 Å². The lowest BCUT2D eigenvalue weighted by Crippen LogP contribution is -1.76. The Morgan fingerprint density at radius 2 is 0.643 bits per heavy atom. The van der Waals surface area contributed by atoms with E-state index in [1.54, 1.807) is 0 Å². The van der Waals surface area contributed by atoms with Crippen LogP contribution in [0.25, 0.3) is 141 Å². The summed E-state index contributed by atoms with van der Waals surface area (Å²) in [5, 5.41) is 18.8. The number of thiophene rings is 7. The highest BCUT2D eigenvalue weighted by molar-refractivity contribution is 7.28. The quantitative estimate of drug-likeness (QED) is 0.149. The predicted octanol–water partition coefficient (Wildman–Crippen LogP) is 26.3. The summed E-state index contributed by atoms with van der Waals surface area (Å²) in [6, 6.07) is 64.3. The third-order valence-electron chi connectivity index (χ3n) is 17.2. The van der Waals surface area contributed by atoms with Crippen molar-refractivity contribution in [2.45, 2.75) is 48.5 Å². The van der Waals surface area contributed by atoms with E-state index in [0.717, 1.165) is 11.4 Å². The molecule has 0 saturated carbocycles. The van der Waals surface area contributed by atoms with Crippen molar-refractivity contribution in [1.29, 1.82) is 0 Å². The number of aromatic nitrogens is 7. The van der Waals surface area contributed by atoms with Crippen LogP contribution in [0.3, 0.4) is 0 Å². The Labute approximate surface area is 594 Å². The van der Waals surface area contributed by atoms with Gasteiger partial charge < -0.3 is 0 Å². The molecule has 0 N–H and O–H groups in total. The SMILES string of the molecule is Cc1cc2c(cn1)sc1ccccc12.Cc1ccc2c(c1)sc1cnccc12.Cc1ccc2sc3cnccc3c2c1.Cc1cccc2c1sc1cnccc12.Cc1cccc2sc3cnccc3c12.Cc1cncc2sc3ccccc3c12.Cc1nccc2c1sc1ccccc12. The largest absolute Gasteiger partial charge is 0.263 e. The molecule has 0 aliphatic carbocycles. The van der Waals surface area contributed by atoms with Crippen LogP contribution in [0, 0.1) is 48.5 Å². The number of hydrogen-bond acceptors (Lipinski definition) is 14. The standard InChI is InChI=1S/7C12H9NS/c1-8-2-3-11-10(6-8)9-4-5-13-7-12(9)14-11;1-8-2-3-9-10-4-5-13-7-12(10)14-11(9)6-8;1-8-3-2-4-10-12(8)9-5-6-13-7-11(9)14-10;1-8-3-2-4-10-9-5-6-13-7-11(9)14-12(8)10;1-8-6-10-9-4-2-3-5-11(9)14-12(10)7-13-8;1-8-6-13-7-11-12(8)9-4-2-3-5-10(9)14-11;1-8-12-10(6-7-13-8)9-4-2-3-5-11(9)14-12/h7*2-7H,1H3. The molecule has 14 aromatic heterocycles. The summed E-state index contributed by atoms with van der Waals surface area (Å²) in [5.74, 6) is 0. The van der Waals surface area contributed by atoms with Gasteiger partial charge in [0.05, 0.1) is 38.6 Å². The van der Waals surface area contributed by atoms with E-state index in [0.29, 0.717) is 0 Å². The molecule has 0 aliphatic heterocycles. The first-order chi connectivity index (χ1) is 48.0. The normalized spacial score (nSPS) is 11.2. The van der Waals surface area contributed by atoms with Crippen LogP contribution in [-0.2, 0) is 0 Å². The van der Waals surface area contributed by atoms with Crippen LogP contribution in [0.2, 0.25) is 0 Å². The van der Waals surface area contributed by atoms with E-state index in [4.69, 9.17) is 0 Å². The van der Waals surface area contributed by atoms with E-state index >= 15 is 0 Å². The highest BCUT2D eigenvalue weighted by Gasteiger charge is 2.11. The van der Waals surface area contributed by atoms with Crippen LogP contribution in [0.4, 0.5) is 0 Å². The van der Waals surface area contributed by atoms with Gasteiger partial charge in [-0.25, -0.2) is 0 Å². The van der Waals surface area contributed by atoms with E-state index in [1.165, 1.54) is 169 Å². The summed E-state index contributed by atoms with van der Waals surface area (Å²) in [6.45, 7) is 14.8. The van der Waals surface area contributed by atoms with Gasteiger partial charge in [-0.15, -0.1) is 79.4 Å². The third-order valence-corrected chi connectivity index (χ3v) is 25.4. The fourth-order valence-corrected chi connectivity index (χ4v) is 20.4. The Bertz CT molecular complexity index is 6080. The van der Waals surface area contributed by atoms with E-state index < -0.39 is 0 Å². The van der Waals surface area contributed by atoms with Crippen LogP contribution in [-0.4, -0.2) is 34.9 Å². The van der Waals surface area contributed by atoms with E-state index in [2.05, 4.69) is 258 Å². The second-order valence-electron chi connectivity index (χ2n) is 24.0. The van der Waals surface area contributed by atoms with E-state index in [1.807, 2.05) is 161 Å². The lowest BCUT2D eigenvalue weighted by molar-refractivity contribution is 1.23. The number of aryl methyl sites for hydroxylation is 7. The molecular weight excluding hydrogens is 1330 g/mol. The molecule has 0 aliphatic rings. The fourth-order valence-electron chi connectivity index (χ4n) is 12.5. The molecule has 0 spiro atoms. The van der Waals surface area contributed by atoms with Crippen LogP contribution in [0.1, 0.15) is 39.2 Å². The average Bonchev–Trinajstić information content (AvgIpc) is 2.20. The van der Waals surface area contributed by atoms with Gasteiger partial charge in [-0.05, 0) is 150 Å². The first-order valence-electron chi connectivity index (χ1n) is 32.1. The van der Waals surface area contributed by atoms with Gasteiger partial charge in [0.25, 0.3) is 0 Å². The molecule has 7 nitrogen and oxygen atoms in total. The van der Waals surface area contributed by atoms with Crippen molar-refractivity contribution in [3.8, 4) is 0 Å². The molecule has 0 fully saturated rings. The second kappa shape index (κ2) is 28.3. The number of fused-ring (bicyclic) bond motifs is 21. The molecule has 0 atom stereocenters. The van der Waals surface area contributed by atoms with Crippen molar-refractivity contribution < 1.29 is 0 Å². The maximum absolute atomic E-state index is 4.31. The molecule has 21 rings (SSSR count). The maximum atomic E-state index is 4.31. The number of nitrogens with zero attached hydrogens (tertiary/aromatic N) is 7. The summed E-state index contributed by atoms with van der Waals surface area (Å²) in [7, 11) is 0. The fraction of sp³-hybridized carbons (Fsp3) is 0.0833. The number of rotatable bonds is 0. The first-order valence-corrected chi connectivity index (χ1v) is 37.8. The van der Waals surface area contributed by atoms with Crippen LogP contribution >= 0.6 is 79.4 Å². The Morgan fingerprint density at radius 1 is 0.224 bits per heavy atom. The summed E-state index contributed by atoms with van der Waals surface area (Å²) < 4.78 is 18.4. The lowest BCUT2D eigenvalue weighted by atomic mass is 10.1. The number of hydrogen-bond donors (Lipinski definition) is 0. The molecule has 0 unspecified atom stereocenters. The summed E-state index contributed by atoms with van der Waals surface area (Å²) in [5.41, 5.74) is 8.80. The predicted molar refractivity (Wildman–Crippen MR) is 433 cm³/mol. The molecule has 0 bridgehead atoms.